The number of alkyl halides is 3. The number of halogens is 4. The van der Waals surface area contributed by atoms with E-state index < -0.39 is 23.5 Å². The third-order valence-electron chi connectivity index (χ3n) is 3.80. The lowest BCUT2D eigenvalue weighted by molar-refractivity contribution is -0.138. The summed E-state index contributed by atoms with van der Waals surface area (Å²) >= 11 is 0. The third-order valence-corrected chi connectivity index (χ3v) is 3.80. The molecule has 0 saturated carbocycles. The number of carbonyl (C=O) groups is 1. The number of anilines is 1. The highest BCUT2D eigenvalue weighted by Gasteiger charge is 2.33. The number of amides is 1. The first-order valence-corrected chi connectivity index (χ1v) is 7.85. The molecular weight excluding hydrogens is 364 g/mol. The van der Waals surface area contributed by atoms with Crippen molar-refractivity contribution >= 4 is 11.7 Å². The van der Waals surface area contributed by atoms with Crippen molar-refractivity contribution in [3.8, 4) is 0 Å². The molecule has 1 amide bonds. The van der Waals surface area contributed by atoms with Gasteiger partial charge in [-0.3, -0.25) is 14.5 Å². The Morgan fingerprint density at radius 3 is 2.70 bits per heavy atom. The Bertz CT molecular complexity index is 981. The highest BCUT2D eigenvalue weighted by atomic mass is 19.4. The van der Waals surface area contributed by atoms with Gasteiger partial charge in [0.2, 0.25) is 0 Å². The summed E-state index contributed by atoms with van der Waals surface area (Å²) in [5.74, 6) is -1.42. The molecule has 0 aliphatic rings. The summed E-state index contributed by atoms with van der Waals surface area (Å²) in [4.78, 5) is 15.6. The lowest BCUT2D eigenvalue weighted by Crippen LogP contribution is -2.15. The van der Waals surface area contributed by atoms with Crippen LogP contribution in [0.25, 0.3) is 0 Å². The summed E-state index contributed by atoms with van der Waals surface area (Å²) in [6.07, 6.45) is -0.876. The van der Waals surface area contributed by atoms with E-state index in [1.54, 1.807) is 13.0 Å². The molecule has 2 heterocycles. The fourth-order valence-corrected chi connectivity index (χ4v) is 2.53. The van der Waals surface area contributed by atoms with E-state index in [0.29, 0.717) is 5.56 Å². The molecule has 1 aromatic carbocycles. The lowest BCUT2D eigenvalue weighted by Gasteiger charge is -2.13. The van der Waals surface area contributed by atoms with Crippen molar-refractivity contribution < 1.29 is 22.4 Å². The first kappa shape index (κ1) is 18.6. The maximum absolute atomic E-state index is 13.6. The van der Waals surface area contributed by atoms with Crippen molar-refractivity contribution in [1.82, 2.24) is 14.8 Å². The second kappa shape index (κ2) is 7.18. The minimum Gasteiger partial charge on any atom is -0.305 e. The van der Waals surface area contributed by atoms with Crippen molar-refractivity contribution in [2.24, 2.45) is 0 Å². The molecule has 0 radical (unpaired) electrons. The van der Waals surface area contributed by atoms with Crippen LogP contribution in [-0.4, -0.2) is 20.7 Å². The van der Waals surface area contributed by atoms with Crippen LogP contribution < -0.4 is 5.32 Å². The maximum atomic E-state index is 13.6. The summed E-state index contributed by atoms with van der Waals surface area (Å²) in [6.45, 7) is 1.45. The molecule has 0 fully saturated rings. The number of carbonyl (C=O) groups excluding carboxylic acids is 1. The monoisotopic (exact) mass is 378 g/mol. The first-order chi connectivity index (χ1) is 12.7. The van der Waals surface area contributed by atoms with Gasteiger partial charge in [-0.25, -0.2) is 4.39 Å². The Kier molecular flexibility index (Phi) is 4.93. The molecule has 3 aromatic rings. The zero-order chi connectivity index (χ0) is 19.6. The first-order valence-electron chi connectivity index (χ1n) is 7.85. The van der Waals surface area contributed by atoms with Gasteiger partial charge in [0.1, 0.15) is 0 Å². The molecule has 0 bridgehead atoms. The Morgan fingerprint density at radius 2 is 2.00 bits per heavy atom. The number of aromatic nitrogens is 3. The fraction of sp³-hybridized carbons (Fsp3) is 0.167. The standard InChI is InChI=1S/C18H14F4N4O/c1-11-2-3-12(14(8-11)18(20,21)22)10-26-7-5-16(25-26)24-17(27)13-4-6-23-9-15(13)19/h2-9H,10H2,1H3,(H,24,25,27). The van der Waals surface area contributed by atoms with E-state index in [1.807, 2.05) is 0 Å². The Balaban J connectivity index is 1.78. The molecule has 0 atom stereocenters. The predicted octanol–water partition coefficient (Wildman–Crippen LogP) is 4.05. The van der Waals surface area contributed by atoms with E-state index in [0.717, 1.165) is 12.3 Å². The Morgan fingerprint density at radius 1 is 1.22 bits per heavy atom. The van der Waals surface area contributed by atoms with Crippen molar-refractivity contribution in [2.45, 2.75) is 19.6 Å². The molecule has 0 unspecified atom stereocenters. The molecule has 27 heavy (non-hydrogen) atoms. The van der Waals surface area contributed by atoms with Gasteiger partial charge in [-0.1, -0.05) is 17.7 Å². The number of hydrogen-bond acceptors (Lipinski definition) is 3. The third kappa shape index (κ3) is 4.30. The van der Waals surface area contributed by atoms with Crippen LogP contribution in [0.5, 0.6) is 0 Å². The normalized spacial score (nSPS) is 11.4. The molecule has 0 spiro atoms. The van der Waals surface area contributed by atoms with Gasteiger partial charge in [-0.05, 0) is 24.6 Å². The number of aryl methyl sites for hydroxylation is 1. The van der Waals surface area contributed by atoms with Crippen LogP contribution in [0.15, 0.2) is 48.9 Å². The molecule has 9 heteroatoms. The average Bonchev–Trinajstić information content (AvgIpc) is 3.03. The van der Waals surface area contributed by atoms with Gasteiger partial charge in [0, 0.05) is 18.5 Å². The summed E-state index contributed by atoms with van der Waals surface area (Å²) < 4.78 is 54.5. The quantitative estimate of drug-likeness (QED) is 0.697. The summed E-state index contributed by atoms with van der Waals surface area (Å²) in [5, 5.41) is 6.42. The van der Waals surface area contributed by atoms with E-state index in [4.69, 9.17) is 0 Å². The number of rotatable bonds is 4. The SMILES string of the molecule is Cc1ccc(Cn2ccc(NC(=O)c3ccncc3F)n2)c(C(F)(F)F)c1. The van der Waals surface area contributed by atoms with Crippen molar-refractivity contribution in [3.05, 3.63) is 77.0 Å². The molecule has 3 rings (SSSR count). The molecule has 140 valence electrons. The van der Waals surface area contributed by atoms with Gasteiger partial charge in [0.15, 0.2) is 11.6 Å². The van der Waals surface area contributed by atoms with E-state index in [1.165, 1.54) is 35.3 Å². The second-order valence-electron chi connectivity index (χ2n) is 5.87. The molecule has 0 saturated heterocycles. The number of hydrogen-bond donors (Lipinski definition) is 1. The minimum absolute atomic E-state index is 0.0502. The number of nitrogens with zero attached hydrogens (tertiary/aromatic N) is 3. The Labute approximate surface area is 151 Å². The van der Waals surface area contributed by atoms with Gasteiger partial charge >= 0.3 is 6.18 Å². The van der Waals surface area contributed by atoms with Crippen molar-refractivity contribution in [3.63, 3.8) is 0 Å². The minimum atomic E-state index is -4.48. The average molecular weight is 378 g/mol. The van der Waals surface area contributed by atoms with Crippen molar-refractivity contribution in [1.29, 1.82) is 0 Å². The van der Waals surface area contributed by atoms with Crippen LogP contribution in [0.3, 0.4) is 0 Å². The summed E-state index contributed by atoms with van der Waals surface area (Å²) in [7, 11) is 0. The van der Waals surface area contributed by atoms with Gasteiger partial charge in [-0.2, -0.15) is 18.3 Å². The zero-order valence-corrected chi connectivity index (χ0v) is 14.1. The highest BCUT2D eigenvalue weighted by Crippen LogP contribution is 2.33. The zero-order valence-electron chi connectivity index (χ0n) is 14.1. The molecule has 0 aliphatic heterocycles. The van der Waals surface area contributed by atoms with Crippen LogP contribution in [-0.2, 0) is 12.7 Å². The van der Waals surface area contributed by atoms with Gasteiger partial charge in [0.05, 0.1) is 23.9 Å². The highest BCUT2D eigenvalue weighted by molar-refractivity contribution is 6.03. The van der Waals surface area contributed by atoms with Crippen molar-refractivity contribution in [2.75, 3.05) is 5.32 Å². The second-order valence-corrected chi connectivity index (χ2v) is 5.87. The van der Waals surface area contributed by atoms with Crippen LogP contribution in [0.4, 0.5) is 23.4 Å². The van der Waals surface area contributed by atoms with Crippen LogP contribution in [0.2, 0.25) is 0 Å². The maximum Gasteiger partial charge on any atom is 0.416 e. The smallest absolute Gasteiger partial charge is 0.305 e. The predicted molar refractivity (Wildman–Crippen MR) is 89.7 cm³/mol. The molecular formula is C18H14F4N4O. The van der Waals surface area contributed by atoms with Gasteiger partial charge < -0.3 is 5.32 Å². The van der Waals surface area contributed by atoms with E-state index in [9.17, 15) is 22.4 Å². The molecule has 2 aromatic heterocycles. The molecule has 0 aliphatic carbocycles. The largest absolute Gasteiger partial charge is 0.416 e. The van der Waals surface area contributed by atoms with Gasteiger partial charge in [-0.15, -0.1) is 0 Å². The van der Waals surface area contributed by atoms with E-state index in [2.05, 4.69) is 15.4 Å². The van der Waals surface area contributed by atoms with Gasteiger partial charge in [0.25, 0.3) is 5.91 Å². The lowest BCUT2D eigenvalue weighted by atomic mass is 10.0. The number of nitrogens with one attached hydrogen (secondary N) is 1. The van der Waals surface area contributed by atoms with Crippen LogP contribution in [0.1, 0.15) is 27.0 Å². The van der Waals surface area contributed by atoms with E-state index >= 15 is 0 Å². The topological polar surface area (TPSA) is 59.8 Å². The molecule has 5 nitrogen and oxygen atoms in total. The fourth-order valence-electron chi connectivity index (χ4n) is 2.53. The van der Waals surface area contributed by atoms with Crippen LogP contribution in [0, 0.1) is 12.7 Å². The summed E-state index contributed by atoms with van der Waals surface area (Å²) in [6, 6.07) is 6.68. The van der Waals surface area contributed by atoms with E-state index in [-0.39, 0.29) is 23.5 Å². The van der Waals surface area contributed by atoms with Crippen LogP contribution >= 0.6 is 0 Å². The number of benzene rings is 1. The Hall–Kier alpha value is -3.23. The molecule has 1 N–H and O–H groups in total. The number of pyridine rings is 1. The summed E-state index contributed by atoms with van der Waals surface area (Å²) in [5.41, 5.74) is -0.395.